The average Bonchev–Trinajstić information content (AvgIpc) is 2.42. The van der Waals surface area contributed by atoms with E-state index >= 15 is 0 Å². The van der Waals surface area contributed by atoms with Crippen LogP contribution < -0.4 is 5.32 Å². The van der Waals surface area contributed by atoms with Crippen molar-refractivity contribution in [3.8, 4) is 0 Å². The van der Waals surface area contributed by atoms with E-state index in [1.807, 2.05) is 0 Å². The van der Waals surface area contributed by atoms with Gasteiger partial charge in [-0.1, -0.05) is 0 Å². The molecule has 2 saturated heterocycles. The van der Waals surface area contributed by atoms with Crippen molar-refractivity contribution < 1.29 is 9.53 Å². The third-order valence-corrected chi connectivity index (χ3v) is 3.40. The van der Waals surface area contributed by atoms with E-state index in [0.29, 0.717) is 0 Å². The van der Waals surface area contributed by atoms with Gasteiger partial charge in [0.25, 0.3) is 0 Å². The lowest BCUT2D eigenvalue weighted by molar-refractivity contribution is -0.111. The Kier molecular flexibility index (Phi) is 1.49. The number of carbonyl (C=O) groups excluding carboxylic acids is 1. The van der Waals surface area contributed by atoms with E-state index in [2.05, 4.69) is 19.2 Å². The molecule has 0 spiro atoms. The second-order valence-electron chi connectivity index (χ2n) is 4.46. The molecule has 3 fully saturated rings. The van der Waals surface area contributed by atoms with Gasteiger partial charge < -0.3 is 10.1 Å². The van der Waals surface area contributed by atoms with Gasteiger partial charge in [-0.2, -0.15) is 0 Å². The number of ether oxygens (including phenoxy) is 1. The number of rotatable bonds is 3. The van der Waals surface area contributed by atoms with Crippen molar-refractivity contribution in [1.29, 1.82) is 0 Å². The highest BCUT2D eigenvalue weighted by Gasteiger charge is 2.61. The fraction of sp³-hybridized carbons (Fsp3) is 0.889. The van der Waals surface area contributed by atoms with Crippen molar-refractivity contribution in [2.24, 2.45) is 5.41 Å². The normalized spacial score (nSPS) is 46.5. The maximum absolute atomic E-state index is 10.3. The van der Waals surface area contributed by atoms with E-state index in [-0.39, 0.29) is 17.1 Å². The molecule has 1 N–H and O–H groups in total. The summed E-state index contributed by atoms with van der Waals surface area (Å²) in [5.74, 6) is 0. The van der Waals surface area contributed by atoms with Crippen LogP contribution in [0.4, 0.5) is 0 Å². The first-order valence-electron chi connectivity index (χ1n) is 4.44. The number of nitrogens with one attached hydrogen (secondary N) is 1. The lowest BCUT2D eigenvalue weighted by Gasteiger charge is -2.45. The zero-order valence-corrected chi connectivity index (χ0v) is 7.59. The van der Waals surface area contributed by atoms with Gasteiger partial charge in [0.15, 0.2) is 0 Å². The van der Waals surface area contributed by atoms with Gasteiger partial charge in [-0.3, -0.25) is 4.79 Å². The SMILES string of the molecule is CC(NC=O)C12COC(C)(C1)C2. The third kappa shape index (κ3) is 0.891. The van der Waals surface area contributed by atoms with Crippen molar-refractivity contribution in [1.82, 2.24) is 5.32 Å². The first-order chi connectivity index (χ1) is 5.60. The van der Waals surface area contributed by atoms with Crippen LogP contribution >= 0.6 is 0 Å². The Hall–Kier alpha value is -0.570. The fourth-order valence-corrected chi connectivity index (χ4v) is 2.67. The second-order valence-corrected chi connectivity index (χ2v) is 4.46. The molecule has 68 valence electrons. The molecular formula is C9H15NO2. The summed E-state index contributed by atoms with van der Waals surface area (Å²) in [5, 5.41) is 2.82. The Bertz CT molecular complexity index is 209. The Morgan fingerprint density at radius 3 is 2.67 bits per heavy atom. The Balaban J connectivity index is 2.02. The molecule has 1 unspecified atom stereocenters. The van der Waals surface area contributed by atoms with Crippen LogP contribution in [0, 0.1) is 5.41 Å². The average molecular weight is 169 g/mol. The Morgan fingerprint density at radius 2 is 2.25 bits per heavy atom. The van der Waals surface area contributed by atoms with Crippen molar-refractivity contribution in [3.63, 3.8) is 0 Å². The lowest BCUT2D eigenvalue weighted by Crippen LogP contribution is -2.52. The molecule has 3 heteroatoms. The molecule has 12 heavy (non-hydrogen) atoms. The zero-order chi connectivity index (χ0) is 8.82. The third-order valence-electron chi connectivity index (χ3n) is 3.40. The number of fused-ring (bicyclic) bond motifs is 1. The molecule has 2 bridgehead atoms. The fourth-order valence-electron chi connectivity index (χ4n) is 2.67. The Morgan fingerprint density at radius 1 is 1.58 bits per heavy atom. The summed E-state index contributed by atoms with van der Waals surface area (Å²) in [6.45, 7) is 5.01. The van der Waals surface area contributed by atoms with Crippen LogP contribution in [0.25, 0.3) is 0 Å². The molecule has 1 atom stereocenters. The first-order valence-corrected chi connectivity index (χ1v) is 4.44. The van der Waals surface area contributed by atoms with E-state index in [0.717, 1.165) is 25.9 Å². The molecule has 0 aromatic carbocycles. The number of amides is 1. The number of hydrogen-bond donors (Lipinski definition) is 1. The zero-order valence-electron chi connectivity index (χ0n) is 7.59. The van der Waals surface area contributed by atoms with E-state index in [1.165, 1.54) is 0 Å². The molecule has 3 aliphatic rings. The molecule has 0 aromatic heterocycles. The predicted octanol–water partition coefficient (Wildman–Crippen LogP) is 0.690. The maximum Gasteiger partial charge on any atom is 0.207 e. The van der Waals surface area contributed by atoms with Crippen LogP contribution in [0.1, 0.15) is 26.7 Å². The highest BCUT2D eigenvalue weighted by Crippen LogP contribution is 2.59. The van der Waals surface area contributed by atoms with Crippen LogP contribution in [0.15, 0.2) is 0 Å². The lowest BCUT2D eigenvalue weighted by atomic mass is 9.60. The minimum Gasteiger partial charge on any atom is -0.375 e. The van der Waals surface area contributed by atoms with Crippen LogP contribution in [-0.4, -0.2) is 24.7 Å². The molecule has 2 aliphatic heterocycles. The predicted molar refractivity (Wildman–Crippen MR) is 44.7 cm³/mol. The molecule has 3 nitrogen and oxygen atoms in total. The molecule has 0 radical (unpaired) electrons. The summed E-state index contributed by atoms with van der Waals surface area (Å²) in [6.07, 6.45) is 2.98. The quantitative estimate of drug-likeness (QED) is 0.631. The minimum absolute atomic E-state index is 0.124. The van der Waals surface area contributed by atoms with Crippen LogP contribution in [0.3, 0.4) is 0 Å². The van der Waals surface area contributed by atoms with Crippen molar-refractivity contribution in [2.75, 3.05) is 6.61 Å². The van der Waals surface area contributed by atoms with Gasteiger partial charge in [-0.25, -0.2) is 0 Å². The van der Waals surface area contributed by atoms with E-state index in [9.17, 15) is 4.79 Å². The van der Waals surface area contributed by atoms with Gasteiger partial charge >= 0.3 is 0 Å². The van der Waals surface area contributed by atoms with Crippen LogP contribution in [0.5, 0.6) is 0 Å². The summed E-state index contributed by atoms with van der Waals surface area (Å²) in [4.78, 5) is 10.3. The highest BCUT2D eigenvalue weighted by atomic mass is 16.5. The molecule has 1 aliphatic carbocycles. The molecular weight excluding hydrogens is 154 g/mol. The van der Waals surface area contributed by atoms with Crippen molar-refractivity contribution in [2.45, 2.75) is 38.3 Å². The van der Waals surface area contributed by atoms with Gasteiger partial charge in [0.05, 0.1) is 12.2 Å². The molecule has 1 saturated carbocycles. The van der Waals surface area contributed by atoms with Gasteiger partial charge in [0.1, 0.15) is 0 Å². The summed E-state index contributed by atoms with van der Waals surface area (Å²) in [6, 6.07) is 0.255. The van der Waals surface area contributed by atoms with Crippen LogP contribution in [-0.2, 0) is 9.53 Å². The largest absolute Gasteiger partial charge is 0.375 e. The van der Waals surface area contributed by atoms with Crippen molar-refractivity contribution in [3.05, 3.63) is 0 Å². The summed E-state index contributed by atoms with van der Waals surface area (Å²) >= 11 is 0. The van der Waals surface area contributed by atoms with Gasteiger partial charge in [0, 0.05) is 11.5 Å². The maximum atomic E-state index is 10.3. The summed E-state index contributed by atoms with van der Waals surface area (Å²) in [7, 11) is 0. The molecule has 1 amide bonds. The second kappa shape index (κ2) is 2.22. The standard InChI is InChI=1S/C9H15NO2/c1-7(10-6-11)9-3-8(2,4-9)12-5-9/h6-7H,3-5H2,1-2H3,(H,10,11). The number of hydrogen-bond acceptors (Lipinski definition) is 2. The van der Waals surface area contributed by atoms with Crippen molar-refractivity contribution >= 4 is 6.41 Å². The highest BCUT2D eigenvalue weighted by molar-refractivity contribution is 5.47. The van der Waals surface area contributed by atoms with E-state index in [1.54, 1.807) is 0 Å². The first kappa shape index (κ1) is 8.05. The summed E-state index contributed by atoms with van der Waals surface area (Å²) < 4.78 is 5.63. The Labute approximate surface area is 72.5 Å². The monoisotopic (exact) mass is 169 g/mol. The van der Waals surface area contributed by atoms with Gasteiger partial charge in [-0.15, -0.1) is 0 Å². The molecule has 0 aromatic rings. The smallest absolute Gasteiger partial charge is 0.207 e. The van der Waals surface area contributed by atoms with Gasteiger partial charge in [0.2, 0.25) is 6.41 Å². The van der Waals surface area contributed by atoms with Gasteiger partial charge in [-0.05, 0) is 26.7 Å². The minimum atomic E-state index is 0.124. The molecule has 2 heterocycles. The number of carbonyl (C=O) groups is 1. The van der Waals surface area contributed by atoms with E-state index in [4.69, 9.17) is 4.74 Å². The topological polar surface area (TPSA) is 38.3 Å². The summed E-state index contributed by atoms with van der Waals surface area (Å²) in [5.41, 5.74) is 0.370. The van der Waals surface area contributed by atoms with Crippen LogP contribution in [0.2, 0.25) is 0 Å². The van der Waals surface area contributed by atoms with E-state index < -0.39 is 0 Å². The molecule has 3 rings (SSSR count).